The molecule has 6 heteroatoms. The lowest BCUT2D eigenvalue weighted by atomic mass is 10.1. The van der Waals surface area contributed by atoms with Crippen LogP contribution in [0.15, 0.2) is 18.2 Å². The zero-order valence-electron chi connectivity index (χ0n) is 17.5. The van der Waals surface area contributed by atoms with Gasteiger partial charge in [0.2, 0.25) is 0 Å². The highest BCUT2D eigenvalue weighted by Gasteiger charge is 2.24. The highest BCUT2D eigenvalue weighted by Crippen LogP contribution is 2.31. The molecule has 1 aliphatic heterocycles. The van der Waals surface area contributed by atoms with Crippen LogP contribution in [0.5, 0.6) is 5.75 Å². The van der Waals surface area contributed by atoms with E-state index in [0.717, 1.165) is 71.6 Å². The Morgan fingerprint density at radius 3 is 2.75 bits per heavy atom. The van der Waals surface area contributed by atoms with Crippen molar-refractivity contribution in [1.29, 1.82) is 0 Å². The number of rotatable bonds is 6. The summed E-state index contributed by atoms with van der Waals surface area (Å²) in [5.74, 6) is 0.995. The summed E-state index contributed by atoms with van der Waals surface area (Å²) in [6.07, 6.45) is 3.48. The number of methoxy groups -OCH3 is 1. The van der Waals surface area contributed by atoms with Crippen molar-refractivity contribution in [2.24, 2.45) is 0 Å². The Bertz CT molecular complexity index is 818. The van der Waals surface area contributed by atoms with Crippen molar-refractivity contribution in [1.82, 2.24) is 14.8 Å². The number of carbonyl (C=O) groups excluding carboxylic acids is 1. The van der Waals surface area contributed by atoms with Crippen molar-refractivity contribution in [3.63, 3.8) is 0 Å². The van der Waals surface area contributed by atoms with E-state index in [1.807, 2.05) is 30.9 Å². The van der Waals surface area contributed by atoms with Gasteiger partial charge in [0.25, 0.3) is 5.91 Å². The minimum Gasteiger partial charge on any atom is -0.496 e. The zero-order valence-corrected chi connectivity index (χ0v) is 18.3. The van der Waals surface area contributed by atoms with Gasteiger partial charge in [-0.2, -0.15) is 0 Å². The molecular weight excluding hydrogens is 370 g/mol. The van der Waals surface area contributed by atoms with E-state index in [1.165, 1.54) is 24.2 Å². The Balaban J connectivity index is 1.73. The first kappa shape index (κ1) is 20.8. The van der Waals surface area contributed by atoms with Crippen LogP contribution in [0.4, 0.5) is 0 Å². The summed E-state index contributed by atoms with van der Waals surface area (Å²) < 4.78 is 5.35. The molecule has 1 aromatic carbocycles. The normalized spacial score (nSPS) is 15.5. The molecule has 0 atom stereocenters. The van der Waals surface area contributed by atoms with Gasteiger partial charge >= 0.3 is 0 Å². The fourth-order valence-corrected chi connectivity index (χ4v) is 4.68. The summed E-state index contributed by atoms with van der Waals surface area (Å²) in [5, 5.41) is 0.894. The average Bonchev–Trinajstić information content (AvgIpc) is 2.93. The average molecular weight is 402 g/mol. The van der Waals surface area contributed by atoms with Gasteiger partial charge in [-0.15, -0.1) is 11.3 Å². The predicted molar refractivity (Wildman–Crippen MR) is 115 cm³/mol. The number of thiazole rings is 1. The second-order valence-corrected chi connectivity index (χ2v) is 8.46. The Labute approximate surface area is 172 Å². The number of carbonyl (C=O) groups is 1. The molecule has 1 fully saturated rings. The number of hydrogen-bond acceptors (Lipinski definition) is 5. The fraction of sp³-hybridized carbons (Fsp3) is 0.545. The van der Waals surface area contributed by atoms with Crippen molar-refractivity contribution in [2.45, 2.75) is 40.0 Å². The molecule has 152 valence electrons. The highest BCUT2D eigenvalue weighted by atomic mass is 32.1. The number of hydrogen-bond donors (Lipinski definition) is 0. The van der Waals surface area contributed by atoms with Gasteiger partial charge in [-0.25, -0.2) is 4.98 Å². The van der Waals surface area contributed by atoms with Crippen LogP contribution in [0.3, 0.4) is 0 Å². The number of aryl methyl sites for hydroxylation is 2. The van der Waals surface area contributed by atoms with Crippen LogP contribution in [-0.4, -0.2) is 60.5 Å². The number of unbranched alkanes of at least 4 members (excludes halogenated alkanes) is 1. The van der Waals surface area contributed by atoms with Gasteiger partial charge in [0, 0.05) is 25.2 Å². The maximum absolute atomic E-state index is 13.2. The monoisotopic (exact) mass is 401 g/mol. The van der Waals surface area contributed by atoms with Crippen LogP contribution < -0.4 is 4.74 Å². The molecule has 0 bridgehead atoms. The second kappa shape index (κ2) is 9.52. The minimum absolute atomic E-state index is 0.129. The van der Waals surface area contributed by atoms with Crippen molar-refractivity contribution < 1.29 is 9.53 Å². The molecular formula is C22H31N3O2S. The SMILES string of the molecule is CCCCN1CCCN(C(=O)c2sc(-c3ccc(OC)c(C)c3)nc2C)CC1. The summed E-state index contributed by atoms with van der Waals surface area (Å²) in [6.45, 7) is 11.0. The number of ether oxygens (including phenoxy) is 1. The molecule has 0 spiro atoms. The number of aromatic nitrogens is 1. The van der Waals surface area contributed by atoms with Crippen LogP contribution in [0.2, 0.25) is 0 Å². The van der Waals surface area contributed by atoms with Gasteiger partial charge in [-0.3, -0.25) is 4.79 Å². The molecule has 2 aromatic rings. The van der Waals surface area contributed by atoms with Gasteiger partial charge in [0.15, 0.2) is 0 Å². The van der Waals surface area contributed by atoms with Crippen LogP contribution in [0.25, 0.3) is 10.6 Å². The van der Waals surface area contributed by atoms with Crippen molar-refractivity contribution >= 4 is 17.2 Å². The molecule has 0 unspecified atom stereocenters. The molecule has 2 heterocycles. The minimum atomic E-state index is 0.129. The topological polar surface area (TPSA) is 45.7 Å². The Hall–Kier alpha value is -1.92. The molecule has 3 rings (SSSR count). The smallest absolute Gasteiger partial charge is 0.265 e. The van der Waals surface area contributed by atoms with Gasteiger partial charge < -0.3 is 14.5 Å². The lowest BCUT2D eigenvalue weighted by Gasteiger charge is -2.21. The van der Waals surface area contributed by atoms with Crippen LogP contribution in [-0.2, 0) is 0 Å². The summed E-state index contributed by atoms with van der Waals surface area (Å²) >= 11 is 1.50. The molecule has 28 heavy (non-hydrogen) atoms. The van der Waals surface area contributed by atoms with Crippen LogP contribution in [0, 0.1) is 13.8 Å². The Kier molecular flexibility index (Phi) is 7.08. The molecule has 0 N–H and O–H groups in total. The molecule has 5 nitrogen and oxygen atoms in total. The van der Waals surface area contributed by atoms with E-state index in [2.05, 4.69) is 17.9 Å². The zero-order chi connectivity index (χ0) is 20.1. The third kappa shape index (κ3) is 4.73. The van der Waals surface area contributed by atoms with Crippen LogP contribution in [0.1, 0.15) is 47.1 Å². The third-order valence-corrected chi connectivity index (χ3v) is 6.53. The molecule has 0 radical (unpaired) electrons. The standard InChI is InChI=1S/C22H31N3O2S/c1-5-6-10-24-11-7-12-25(14-13-24)22(26)20-17(3)23-21(28-20)18-8-9-19(27-4)16(2)15-18/h8-9,15H,5-7,10-14H2,1-4H3. The van der Waals surface area contributed by atoms with E-state index in [4.69, 9.17) is 9.72 Å². The highest BCUT2D eigenvalue weighted by molar-refractivity contribution is 7.17. The largest absolute Gasteiger partial charge is 0.496 e. The molecule has 1 aromatic heterocycles. The quantitative estimate of drug-likeness (QED) is 0.720. The number of nitrogens with zero attached hydrogens (tertiary/aromatic N) is 3. The third-order valence-electron chi connectivity index (χ3n) is 5.34. The Morgan fingerprint density at radius 1 is 1.21 bits per heavy atom. The van der Waals surface area contributed by atoms with Gasteiger partial charge in [-0.1, -0.05) is 13.3 Å². The maximum atomic E-state index is 13.2. The first-order valence-electron chi connectivity index (χ1n) is 10.2. The lowest BCUT2D eigenvalue weighted by molar-refractivity contribution is 0.0765. The summed E-state index contributed by atoms with van der Waals surface area (Å²) in [5.41, 5.74) is 2.93. The molecule has 0 aliphatic carbocycles. The van der Waals surface area contributed by atoms with Crippen molar-refractivity contribution in [3.05, 3.63) is 34.3 Å². The van der Waals surface area contributed by atoms with E-state index in [1.54, 1.807) is 7.11 Å². The number of amides is 1. The molecule has 1 amide bonds. The van der Waals surface area contributed by atoms with Gasteiger partial charge in [-0.05, 0) is 63.5 Å². The Morgan fingerprint density at radius 2 is 2.04 bits per heavy atom. The van der Waals surface area contributed by atoms with Crippen molar-refractivity contribution in [2.75, 3.05) is 39.8 Å². The maximum Gasteiger partial charge on any atom is 0.265 e. The summed E-state index contributed by atoms with van der Waals surface area (Å²) in [6, 6.07) is 6.04. The first-order chi connectivity index (χ1) is 13.5. The van der Waals surface area contributed by atoms with E-state index < -0.39 is 0 Å². The van der Waals surface area contributed by atoms with E-state index >= 15 is 0 Å². The van der Waals surface area contributed by atoms with Crippen molar-refractivity contribution in [3.8, 4) is 16.3 Å². The van der Waals surface area contributed by atoms with E-state index in [-0.39, 0.29) is 5.91 Å². The summed E-state index contributed by atoms with van der Waals surface area (Å²) in [4.78, 5) is 23.1. The molecule has 1 saturated heterocycles. The van der Waals surface area contributed by atoms with E-state index in [9.17, 15) is 4.79 Å². The van der Waals surface area contributed by atoms with Crippen LogP contribution >= 0.6 is 11.3 Å². The molecule has 0 saturated carbocycles. The van der Waals surface area contributed by atoms with Gasteiger partial charge in [0.05, 0.1) is 12.8 Å². The summed E-state index contributed by atoms with van der Waals surface area (Å²) in [7, 11) is 1.68. The lowest BCUT2D eigenvalue weighted by Crippen LogP contribution is -2.35. The number of benzene rings is 1. The molecule has 1 aliphatic rings. The van der Waals surface area contributed by atoms with E-state index in [0.29, 0.717) is 0 Å². The fourth-order valence-electron chi connectivity index (χ4n) is 3.65. The predicted octanol–water partition coefficient (Wildman–Crippen LogP) is 4.38. The van der Waals surface area contributed by atoms with Gasteiger partial charge in [0.1, 0.15) is 15.6 Å². The second-order valence-electron chi connectivity index (χ2n) is 7.46. The first-order valence-corrected chi connectivity index (χ1v) is 11.0.